The minimum absolute atomic E-state index is 0.145. The van der Waals surface area contributed by atoms with Crippen LogP contribution >= 0.6 is 0 Å². The topological polar surface area (TPSA) is 46.9 Å². The summed E-state index contributed by atoms with van der Waals surface area (Å²) in [4.78, 5) is 12.5. The van der Waals surface area contributed by atoms with Crippen LogP contribution < -0.4 is 5.32 Å². The van der Waals surface area contributed by atoms with Gasteiger partial charge in [-0.05, 0) is 31.4 Å². The fourth-order valence-electron chi connectivity index (χ4n) is 2.64. The van der Waals surface area contributed by atoms with Crippen LogP contribution in [0.2, 0.25) is 0 Å². The maximum Gasteiger partial charge on any atom is 0.144 e. The highest BCUT2D eigenvalue weighted by Crippen LogP contribution is 2.32. The number of Topliss-reactive ketones (excluding diaryl/α,β-unsaturated/α-hetero) is 1. The molecule has 4 nitrogen and oxygen atoms in total. The lowest BCUT2D eigenvalue weighted by Gasteiger charge is -2.35. The molecule has 17 heavy (non-hydrogen) atoms. The zero-order valence-corrected chi connectivity index (χ0v) is 10.7. The first-order valence-electron chi connectivity index (χ1n) is 6.38. The van der Waals surface area contributed by atoms with Crippen LogP contribution in [0.1, 0.15) is 31.7 Å². The largest absolute Gasteiger partial charge is 0.316 e. The van der Waals surface area contributed by atoms with Crippen LogP contribution in [0.4, 0.5) is 0 Å². The Morgan fingerprint density at radius 3 is 3.00 bits per heavy atom. The maximum absolute atomic E-state index is 12.5. The molecule has 0 aromatic carbocycles. The van der Waals surface area contributed by atoms with Gasteiger partial charge in [-0.2, -0.15) is 5.10 Å². The van der Waals surface area contributed by atoms with Crippen molar-refractivity contribution in [3.05, 3.63) is 18.0 Å². The van der Waals surface area contributed by atoms with E-state index in [4.69, 9.17) is 0 Å². The van der Waals surface area contributed by atoms with Gasteiger partial charge in [-0.15, -0.1) is 0 Å². The van der Waals surface area contributed by atoms with Crippen molar-refractivity contribution < 1.29 is 4.79 Å². The number of piperidine rings is 1. The number of carbonyl (C=O) groups excluding carboxylic acids is 1. The number of aryl methyl sites for hydroxylation is 1. The van der Waals surface area contributed by atoms with Gasteiger partial charge in [-0.3, -0.25) is 9.48 Å². The molecule has 1 unspecified atom stereocenters. The molecule has 0 spiro atoms. The zero-order valence-electron chi connectivity index (χ0n) is 10.7. The zero-order chi connectivity index (χ0) is 12.3. The number of carbonyl (C=O) groups is 1. The lowest BCUT2D eigenvalue weighted by Crippen LogP contribution is -2.45. The van der Waals surface area contributed by atoms with Crippen LogP contribution in [0.3, 0.4) is 0 Å². The van der Waals surface area contributed by atoms with E-state index in [1.807, 2.05) is 13.2 Å². The highest BCUT2D eigenvalue weighted by molar-refractivity contribution is 5.87. The molecule has 0 saturated carbocycles. The van der Waals surface area contributed by atoms with Crippen molar-refractivity contribution in [3.63, 3.8) is 0 Å². The van der Waals surface area contributed by atoms with Gasteiger partial charge in [-0.25, -0.2) is 0 Å². The molecule has 2 heterocycles. The van der Waals surface area contributed by atoms with Gasteiger partial charge < -0.3 is 5.32 Å². The second-order valence-electron chi connectivity index (χ2n) is 5.04. The molecule has 1 atom stereocenters. The first-order chi connectivity index (χ1) is 8.16. The second kappa shape index (κ2) is 5.00. The van der Waals surface area contributed by atoms with Crippen molar-refractivity contribution in [2.45, 2.75) is 32.6 Å². The van der Waals surface area contributed by atoms with Crippen molar-refractivity contribution in [1.29, 1.82) is 0 Å². The molecule has 0 amide bonds. The highest BCUT2D eigenvalue weighted by Gasteiger charge is 2.37. The van der Waals surface area contributed by atoms with Gasteiger partial charge in [0, 0.05) is 31.6 Å². The maximum atomic E-state index is 12.5. The first kappa shape index (κ1) is 12.3. The number of aromatic nitrogens is 2. The molecule has 2 rings (SSSR count). The third-order valence-corrected chi connectivity index (χ3v) is 3.86. The number of nitrogens with one attached hydrogen (secondary N) is 1. The summed E-state index contributed by atoms with van der Waals surface area (Å²) in [6.45, 7) is 4.00. The van der Waals surface area contributed by atoms with E-state index in [0.717, 1.165) is 37.9 Å². The highest BCUT2D eigenvalue weighted by atomic mass is 16.1. The summed E-state index contributed by atoms with van der Waals surface area (Å²) in [5.74, 6) is 0.361. The quantitative estimate of drug-likeness (QED) is 0.856. The van der Waals surface area contributed by atoms with Gasteiger partial charge in [-0.1, -0.05) is 6.92 Å². The van der Waals surface area contributed by atoms with Gasteiger partial charge in [0.2, 0.25) is 0 Å². The minimum Gasteiger partial charge on any atom is -0.316 e. The second-order valence-corrected chi connectivity index (χ2v) is 5.04. The van der Waals surface area contributed by atoms with Crippen molar-refractivity contribution in [3.8, 4) is 0 Å². The van der Waals surface area contributed by atoms with Crippen LogP contribution in [-0.4, -0.2) is 28.7 Å². The lowest BCUT2D eigenvalue weighted by atomic mass is 9.73. The summed E-state index contributed by atoms with van der Waals surface area (Å²) >= 11 is 0. The van der Waals surface area contributed by atoms with Gasteiger partial charge in [0.25, 0.3) is 0 Å². The summed E-state index contributed by atoms with van der Waals surface area (Å²) in [5, 5.41) is 7.47. The number of rotatable bonds is 4. The molecule has 4 heteroatoms. The molecule has 1 aromatic rings. The Balaban J connectivity index is 2.07. The molecule has 1 fully saturated rings. The van der Waals surface area contributed by atoms with Crippen molar-refractivity contribution in [2.75, 3.05) is 13.1 Å². The summed E-state index contributed by atoms with van der Waals surface area (Å²) in [6, 6.07) is 0. The van der Waals surface area contributed by atoms with Gasteiger partial charge in [0.15, 0.2) is 0 Å². The monoisotopic (exact) mass is 235 g/mol. The molecule has 94 valence electrons. The van der Waals surface area contributed by atoms with E-state index in [1.54, 1.807) is 10.9 Å². The SMILES string of the molecule is CCC1(C(=O)Cc2cnn(C)c2)CCCNC1. The van der Waals surface area contributed by atoms with Gasteiger partial charge in [0.1, 0.15) is 5.78 Å². The summed E-state index contributed by atoms with van der Waals surface area (Å²) < 4.78 is 1.75. The van der Waals surface area contributed by atoms with Crippen LogP contribution in [-0.2, 0) is 18.3 Å². The van der Waals surface area contributed by atoms with Crippen molar-refractivity contribution in [2.24, 2.45) is 12.5 Å². The molecule has 0 aliphatic carbocycles. The molecule has 0 bridgehead atoms. The Bertz CT molecular complexity index is 391. The Kier molecular flexibility index (Phi) is 3.62. The van der Waals surface area contributed by atoms with Crippen LogP contribution in [0.25, 0.3) is 0 Å². The molecular weight excluding hydrogens is 214 g/mol. The normalized spacial score (nSPS) is 24.8. The van der Waals surface area contributed by atoms with E-state index < -0.39 is 0 Å². The minimum atomic E-state index is -0.145. The predicted molar refractivity (Wildman–Crippen MR) is 66.7 cm³/mol. The molecule has 1 aliphatic heterocycles. The fraction of sp³-hybridized carbons (Fsp3) is 0.692. The Hall–Kier alpha value is -1.16. The summed E-state index contributed by atoms with van der Waals surface area (Å²) in [7, 11) is 1.88. The standard InChI is InChI=1S/C13H21N3O/c1-3-13(5-4-6-14-10-13)12(17)7-11-8-15-16(2)9-11/h8-9,14H,3-7,10H2,1-2H3. The van der Waals surface area contributed by atoms with E-state index in [1.165, 1.54) is 0 Å². The smallest absolute Gasteiger partial charge is 0.144 e. The van der Waals surface area contributed by atoms with E-state index >= 15 is 0 Å². The van der Waals surface area contributed by atoms with Gasteiger partial charge >= 0.3 is 0 Å². The molecule has 0 radical (unpaired) electrons. The number of hydrogen-bond donors (Lipinski definition) is 1. The molecule has 1 N–H and O–H groups in total. The summed E-state index contributed by atoms with van der Waals surface area (Å²) in [6.07, 6.45) is 7.29. The van der Waals surface area contributed by atoms with E-state index in [9.17, 15) is 4.79 Å². The van der Waals surface area contributed by atoms with Crippen molar-refractivity contribution >= 4 is 5.78 Å². The number of hydrogen-bond acceptors (Lipinski definition) is 3. The molecule has 1 aliphatic rings. The average molecular weight is 235 g/mol. The Morgan fingerprint density at radius 1 is 1.65 bits per heavy atom. The molecular formula is C13H21N3O. The van der Waals surface area contributed by atoms with E-state index in [-0.39, 0.29) is 5.41 Å². The fourth-order valence-corrected chi connectivity index (χ4v) is 2.64. The van der Waals surface area contributed by atoms with Gasteiger partial charge in [0.05, 0.1) is 6.20 Å². The summed E-state index contributed by atoms with van der Waals surface area (Å²) in [5.41, 5.74) is 0.879. The lowest BCUT2D eigenvalue weighted by molar-refractivity contribution is -0.129. The first-order valence-corrected chi connectivity index (χ1v) is 6.38. The average Bonchev–Trinajstić information content (AvgIpc) is 2.75. The van der Waals surface area contributed by atoms with Crippen molar-refractivity contribution in [1.82, 2.24) is 15.1 Å². The third-order valence-electron chi connectivity index (χ3n) is 3.86. The van der Waals surface area contributed by atoms with Crippen LogP contribution in [0, 0.1) is 5.41 Å². The third kappa shape index (κ3) is 2.57. The predicted octanol–water partition coefficient (Wildman–Crippen LogP) is 1.31. The van der Waals surface area contributed by atoms with E-state index in [0.29, 0.717) is 12.2 Å². The Morgan fingerprint density at radius 2 is 2.47 bits per heavy atom. The molecule has 1 saturated heterocycles. The van der Waals surface area contributed by atoms with Crippen LogP contribution in [0.15, 0.2) is 12.4 Å². The van der Waals surface area contributed by atoms with Crippen LogP contribution in [0.5, 0.6) is 0 Å². The molecule has 1 aromatic heterocycles. The Labute approximate surface area is 102 Å². The van der Waals surface area contributed by atoms with E-state index in [2.05, 4.69) is 17.3 Å². The number of nitrogens with zero attached hydrogens (tertiary/aromatic N) is 2. The number of ketones is 1.